The molecule has 0 radical (unpaired) electrons. The van der Waals surface area contributed by atoms with Crippen LogP contribution < -0.4 is 10.6 Å². The lowest BCUT2D eigenvalue weighted by atomic mass is 10.2. The van der Waals surface area contributed by atoms with Gasteiger partial charge in [-0.05, 0) is 37.5 Å². The molecule has 2 rings (SSSR count). The molecule has 0 spiro atoms. The summed E-state index contributed by atoms with van der Waals surface area (Å²) in [4.78, 5) is 11.8. The Hall–Kier alpha value is -1.22. The first-order valence-corrected chi connectivity index (χ1v) is 7.33. The molecule has 0 aliphatic heterocycles. The van der Waals surface area contributed by atoms with Gasteiger partial charge in [0, 0.05) is 29.7 Å². The number of carbonyl (C=O) groups excluding carboxylic acids is 1. The van der Waals surface area contributed by atoms with Crippen LogP contribution in [0.2, 0.25) is 5.02 Å². The van der Waals surface area contributed by atoms with Crippen LogP contribution in [0.3, 0.4) is 0 Å². The van der Waals surface area contributed by atoms with E-state index < -0.39 is 0 Å². The van der Waals surface area contributed by atoms with Gasteiger partial charge < -0.3 is 10.6 Å². The summed E-state index contributed by atoms with van der Waals surface area (Å²) in [7, 11) is 0. The summed E-state index contributed by atoms with van der Waals surface area (Å²) in [5, 5.41) is 7.10. The molecular weight excluding hydrogens is 260 g/mol. The Morgan fingerprint density at radius 2 is 2.11 bits per heavy atom. The van der Waals surface area contributed by atoms with E-state index in [-0.39, 0.29) is 5.91 Å². The second-order valence-corrected chi connectivity index (χ2v) is 5.55. The second kappa shape index (κ2) is 6.80. The molecule has 0 saturated heterocycles. The van der Waals surface area contributed by atoms with Gasteiger partial charge in [0.1, 0.15) is 0 Å². The van der Waals surface area contributed by atoms with Crippen LogP contribution in [0.4, 0.5) is 5.69 Å². The van der Waals surface area contributed by atoms with Crippen LogP contribution in [-0.4, -0.2) is 18.5 Å². The normalized spacial score (nSPS) is 15.5. The van der Waals surface area contributed by atoms with Crippen molar-refractivity contribution in [1.82, 2.24) is 5.32 Å². The third-order valence-electron chi connectivity index (χ3n) is 3.66. The van der Waals surface area contributed by atoms with Gasteiger partial charge in [0.25, 0.3) is 0 Å². The summed E-state index contributed by atoms with van der Waals surface area (Å²) in [5.41, 5.74) is 2.03. The number of hydrogen-bond acceptors (Lipinski definition) is 2. The molecule has 1 aromatic rings. The molecule has 1 saturated carbocycles. The molecule has 1 fully saturated rings. The molecule has 1 amide bonds. The topological polar surface area (TPSA) is 41.1 Å². The summed E-state index contributed by atoms with van der Waals surface area (Å²) in [5.74, 6) is 0.138. The Labute approximate surface area is 119 Å². The number of halogens is 1. The SMILES string of the molecule is Cc1c(Cl)cccc1NCCC(=O)NC1CCCC1. The van der Waals surface area contributed by atoms with Crippen LogP contribution in [0, 0.1) is 6.92 Å². The molecule has 0 unspecified atom stereocenters. The standard InChI is InChI=1S/C15H21ClN2O/c1-11-13(16)7-4-8-14(11)17-10-9-15(19)18-12-5-2-3-6-12/h4,7-8,12,17H,2-3,5-6,9-10H2,1H3,(H,18,19). The highest BCUT2D eigenvalue weighted by Crippen LogP contribution is 2.22. The minimum atomic E-state index is 0.138. The third-order valence-corrected chi connectivity index (χ3v) is 4.06. The molecule has 3 nitrogen and oxygen atoms in total. The molecule has 0 aromatic heterocycles. The lowest BCUT2D eigenvalue weighted by Crippen LogP contribution is -2.33. The van der Waals surface area contributed by atoms with E-state index in [1.165, 1.54) is 12.8 Å². The lowest BCUT2D eigenvalue weighted by molar-refractivity contribution is -0.121. The molecule has 2 N–H and O–H groups in total. The summed E-state index contributed by atoms with van der Waals surface area (Å²) in [6.07, 6.45) is 5.25. The molecule has 4 heteroatoms. The van der Waals surface area contributed by atoms with Crippen LogP contribution in [0.5, 0.6) is 0 Å². The van der Waals surface area contributed by atoms with Gasteiger partial charge in [0.05, 0.1) is 0 Å². The van der Waals surface area contributed by atoms with Gasteiger partial charge in [-0.25, -0.2) is 0 Å². The van der Waals surface area contributed by atoms with E-state index in [0.29, 0.717) is 19.0 Å². The predicted octanol–water partition coefficient (Wildman–Crippen LogP) is 3.51. The van der Waals surface area contributed by atoms with Crippen LogP contribution in [-0.2, 0) is 4.79 Å². The van der Waals surface area contributed by atoms with Crippen LogP contribution in [0.25, 0.3) is 0 Å². The largest absolute Gasteiger partial charge is 0.384 e. The van der Waals surface area contributed by atoms with Crippen molar-refractivity contribution < 1.29 is 4.79 Å². The predicted molar refractivity (Wildman–Crippen MR) is 79.7 cm³/mol. The average molecular weight is 281 g/mol. The van der Waals surface area contributed by atoms with Crippen molar-refractivity contribution in [3.63, 3.8) is 0 Å². The van der Waals surface area contributed by atoms with Crippen molar-refractivity contribution in [2.75, 3.05) is 11.9 Å². The highest BCUT2D eigenvalue weighted by atomic mass is 35.5. The van der Waals surface area contributed by atoms with Crippen LogP contribution in [0.1, 0.15) is 37.7 Å². The monoisotopic (exact) mass is 280 g/mol. The zero-order valence-corrected chi connectivity index (χ0v) is 12.1. The lowest BCUT2D eigenvalue weighted by Gasteiger charge is -2.13. The summed E-state index contributed by atoms with van der Waals surface area (Å²) in [6.45, 7) is 2.61. The molecule has 1 aliphatic carbocycles. The molecular formula is C15H21ClN2O. The van der Waals surface area contributed by atoms with E-state index in [0.717, 1.165) is 29.1 Å². The molecule has 1 aromatic carbocycles. The first kappa shape index (κ1) is 14.2. The van der Waals surface area contributed by atoms with Crippen molar-refractivity contribution in [2.45, 2.75) is 45.1 Å². The van der Waals surface area contributed by atoms with Crippen molar-refractivity contribution >= 4 is 23.2 Å². The molecule has 1 aliphatic rings. The highest BCUT2D eigenvalue weighted by Gasteiger charge is 2.16. The van der Waals surface area contributed by atoms with Gasteiger partial charge in [-0.1, -0.05) is 30.5 Å². The maximum Gasteiger partial charge on any atom is 0.221 e. The van der Waals surface area contributed by atoms with Gasteiger partial charge in [-0.3, -0.25) is 4.79 Å². The fraction of sp³-hybridized carbons (Fsp3) is 0.533. The fourth-order valence-corrected chi connectivity index (χ4v) is 2.65. The van der Waals surface area contributed by atoms with Crippen molar-refractivity contribution in [2.24, 2.45) is 0 Å². The summed E-state index contributed by atoms with van der Waals surface area (Å²) in [6, 6.07) is 6.17. The Morgan fingerprint density at radius 1 is 1.37 bits per heavy atom. The third kappa shape index (κ3) is 4.13. The van der Waals surface area contributed by atoms with Crippen LogP contribution >= 0.6 is 11.6 Å². The maximum atomic E-state index is 11.8. The zero-order chi connectivity index (χ0) is 13.7. The number of hydrogen-bond donors (Lipinski definition) is 2. The van der Waals surface area contributed by atoms with Gasteiger partial charge in [0.2, 0.25) is 5.91 Å². The Morgan fingerprint density at radius 3 is 2.84 bits per heavy atom. The van der Waals surface area contributed by atoms with Crippen molar-refractivity contribution in [3.8, 4) is 0 Å². The number of carbonyl (C=O) groups is 1. The Kier molecular flexibility index (Phi) is 5.08. The number of amides is 1. The van der Waals surface area contributed by atoms with Gasteiger partial charge >= 0.3 is 0 Å². The first-order chi connectivity index (χ1) is 9.16. The van der Waals surface area contributed by atoms with Crippen molar-refractivity contribution in [3.05, 3.63) is 28.8 Å². The number of rotatable bonds is 5. The number of anilines is 1. The molecule has 104 valence electrons. The summed E-state index contributed by atoms with van der Waals surface area (Å²) < 4.78 is 0. The minimum Gasteiger partial charge on any atom is -0.384 e. The van der Waals surface area contributed by atoms with Gasteiger partial charge in [0.15, 0.2) is 0 Å². The van der Waals surface area contributed by atoms with E-state index >= 15 is 0 Å². The molecule has 0 atom stereocenters. The first-order valence-electron chi connectivity index (χ1n) is 6.95. The molecule has 19 heavy (non-hydrogen) atoms. The number of benzene rings is 1. The molecule has 0 heterocycles. The van der Waals surface area contributed by atoms with E-state index in [4.69, 9.17) is 11.6 Å². The fourth-order valence-electron chi connectivity index (χ4n) is 2.48. The van der Waals surface area contributed by atoms with Crippen LogP contribution in [0.15, 0.2) is 18.2 Å². The van der Waals surface area contributed by atoms with E-state index in [1.54, 1.807) is 0 Å². The second-order valence-electron chi connectivity index (χ2n) is 5.14. The zero-order valence-electron chi connectivity index (χ0n) is 11.3. The quantitative estimate of drug-likeness (QED) is 0.867. The molecule has 0 bridgehead atoms. The van der Waals surface area contributed by atoms with Gasteiger partial charge in [-0.2, -0.15) is 0 Å². The van der Waals surface area contributed by atoms with Gasteiger partial charge in [-0.15, -0.1) is 0 Å². The maximum absolute atomic E-state index is 11.8. The van der Waals surface area contributed by atoms with E-state index in [1.807, 2.05) is 25.1 Å². The Bertz CT molecular complexity index is 442. The van der Waals surface area contributed by atoms with E-state index in [9.17, 15) is 4.79 Å². The minimum absolute atomic E-state index is 0.138. The highest BCUT2D eigenvalue weighted by molar-refractivity contribution is 6.31. The smallest absolute Gasteiger partial charge is 0.221 e. The summed E-state index contributed by atoms with van der Waals surface area (Å²) >= 11 is 6.05. The van der Waals surface area contributed by atoms with E-state index in [2.05, 4.69) is 10.6 Å². The van der Waals surface area contributed by atoms with Crippen molar-refractivity contribution in [1.29, 1.82) is 0 Å². The average Bonchev–Trinajstić information content (AvgIpc) is 2.87. The Balaban J connectivity index is 1.73. The number of nitrogens with one attached hydrogen (secondary N) is 2.